The topological polar surface area (TPSA) is 21.3 Å². The molecule has 0 bridgehead atoms. The van der Waals surface area contributed by atoms with Gasteiger partial charge in [-0.3, -0.25) is 0 Å². The van der Waals surface area contributed by atoms with Gasteiger partial charge in [0.1, 0.15) is 10.5 Å². The average molecular weight is 191 g/mol. The summed E-state index contributed by atoms with van der Waals surface area (Å²) in [6, 6.07) is 0. The van der Waals surface area contributed by atoms with E-state index in [0.717, 1.165) is 17.3 Å². The van der Waals surface area contributed by atoms with Crippen LogP contribution in [0.5, 0.6) is 0 Å². The van der Waals surface area contributed by atoms with Gasteiger partial charge in [-0.2, -0.15) is 0 Å². The molecule has 0 aromatic heterocycles. The number of hydrogen-bond acceptors (Lipinski definition) is 3. The molecule has 0 aromatic carbocycles. The van der Waals surface area contributed by atoms with E-state index < -0.39 is 0 Å². The molecule has 1 rings (SSSR count). The first-order valence-corrected chi connectivity index (χ1v) is 5.10. The van der Waals surface area contributed by atoms with Crippen LogP contribution >= 0.6 is 24.0 Å². The molecule has 0 unspecified atom stereocenters. The third kappa shape index (κ3) is 2.97. The van der Waals surface area contributed by atoms with E-state index in [2.05, 4.69) is 12.2 Å². The number of thioether (sulfide) groups is 1. The lowest BCUT2D eigenvalue weighted by Gasteiger charge is -2.28. The van der Waals surface area contributed by atoms with Crippen molar-refractivity contribution in [1.82, 2.24) is 5.32 Å². The fourth-order valence-corrected chi connectivity index (χ4v) is 2.53. The number of thiocarbonyl (C=S) groups is 1. The molecule has 4 heteroatoms. The van der Waals surface area contributed by atoms with Gasteiger partial charge in [-0.25, -0.2) is 0 Å². The summed E-state index contributed by atoms with van der Waals surface area (Å²) in [6.45, 7) is 4.92. The van der Waals surface area contributed by atoms with Crippen molar-refractivity contribution in [3.8, 4) is 0 Å². The predicted molar refractivity (Wildman–Crippen MR) is 52.8 cm³/mol. The Morgan fingerprint density at radius 2 is 2.55 bits per heavy atom. The van der Waals surface area contributed by atoms with E-state index in [0.29, 0.717) is 5.25 Å². The summed E-state index contributed by atoms with van der Waals surface area (Å²) in [6.07, 6.45) is 1.18. The second-order valence-corrected chi connectivity index (χ2v) is 4.66. The van der Waals surface area contributed by atoms with Gasteiger partial charge in [-0.05, 0) is 6.92 Å². The normalized spacial score (nSPS) is 31.6. The summed E-state index contributed by atoms with van der Waals surface area (Å²) < 4.78 is 6.27. The van der Waals surface area contributed by atoms with Crippen LogP contribution in [-0.2, 0) is 4.74 Å². The quantitative estimate of drug-likeness (QED) is 0.671. The Balaban J connectivity index is 2.36. The van der Waals surface area contributed by atoms with Gasteiger partial charge in [-0.1, -0.05) is 30.9 Å². The molecule has 0 radical (unpaired) electrons. The lowest BCUT2D eigenvalue weighted by atomic mass is 10.3. The highest BCUT2D eigenvalue weighted by atomic mass is 32.2. The van der Waals surface area contributed by atoms with Crippen LogP contribution in [0.1, 0.15) is 20.3 Å². The largest absolute Gasteiger partial charge is 0.359 e. The molecule has 1 fully saturated rings. The molecule has 0 amide bonds. The summed E-state index contributed by atoms with van der Waals surface area (Å²) in [7, 11) is 0. The van der Waals surface area contributed by atoms with Gasteiger partial charge in [0.05, 0.1) is 0 Å². The number of nitrogens with one attached hydrogen (secondary N) is 1. The smallest absolute Gasteiger partial charge is 0.136 e. The van der Waals surface area contributed by atoms with E-state index in [4.69, 9.17) is 17.0 Å². The molecule has 0 aliphatic carbocycles. The maximum Gasteiger partial charge on any atom is 0.136 e. The lowest BCUT2D eigenvalue weighted by Crippen LogP contribution is -2.41. The van der Waals surface area contributed by atoms with E-state index in [1.807, 2.05) is 6.92 Å². The zero-order valence-corrected chi connectivity index (χ0v) is 8.43. The van der Waals surface area contributed by atoms with Crippen molar-refractivity contribution >= 4 is 28.3 Å². The standard InChI is InChI=1S/C7H13NOS2/c1-3-9-6-4-5(2)11-7(10)8-6/h5-6H,3-4H2,1-2H3,(H,8,10)/t5-,6-/m0/s1. The SMILES string of the molecule is CCO[C@H]1C[C@H](C)SC(=S)N1. The number of hydrogen-bond donors (Lipinski definition) is 1. The molecule has 1 heterocycles. The first-order chi connectivity index (χ1) is 5.22. The third-order valence-electron chi connectivity index (χ3n) is 1.50. The maximum atomic E-state index is 5.41. The predicted octanol–water partition coefficient (Wildman–Crippen LogP) is 1.75. The lowest BCUT2D eigenvalue weighted by molar-refractivity contribution is 0.0467. The fraction of sp³-hybridized carbons (Fsp3) is 0.857. The molecular weight excluding hydrogens is 178 g/mol. The molecule has 64 valence electrons. The van der Waals surface area contributed by atoms with Crippen LogP contribution in [0.4, 0.5) is 0 Å². The van der Waals surface area contributed by atoms with Crippen molar-refractivity contribution in [2.45, 2.75) is 31.7 Å². The van der Waals surface area contributed by atoms with Crippen molar-refractivity contribution in [2.24, 2.45) is 0 Å². The Hall–Kier alpha value is 0.200. The van der Waals surface area contributed by atoms with E-state index in [-0.39, 0.29) is 6.23 Å². The average Bonchev–Trinajstić information content (AvgIpc) is 1.85. The second kappa shape index (κ2) is 4.28. The zero-order valence-electron chi connectivity index (χ0n) is 6.79. The molecule has 2 atom stereocenters. The minimum Gasteiger partial charge on any atom is -0.359 e. The molecule has 0 spiro atoms. The molecule has 1 saturated heterocycles. The van der Waals surface area contributed by atoms with E-state index in [1.165, 1.54) is 0 Å². The Bertz CT molecular complexity index is 151. The van der Waals surface area contributed by atoms with Gasteiger partial charge in [-0.15, -0.1) is 0 Å². The number of rotatable bonds is 2. The summed E-state index contributed by atoms with van der Waals surface area (Å²) >= 11 is 6.76. The molecule has 1 aliphatic heterocycles. The van der Waals surface area contributed by atoms with Crippen molar-refractivity contribution in [3.63, 3.8) is 0 Å². The van der Waals surface area contributed by atoms with Crippen molar-refractivity contribution in [3.05, 3.63) is 0 Å². The first-order valence-electron chi connectivity index (χ1n) is 3.81. The maximum absolute atomic E-state index is 5.41. The van der Waals surface area contributed by atoms with Crippen molar-refractivity contribution < 1.29 is 4.74 Å². The molecule has 0 saturated carbocycles. The summed E-state index contributed by atoms with van der Waals surface area (Å²) in [5.74, 6) is 0. The van der Waals surface area contributed by atoms with Gasteiger partial charge in [0.2, 0.25) is 0 Å². The van der Waals surface area contributed by atoms with Gasteiger partial charge < -0.3 is 10.1 Å². The Kier molecular flexibility index (Phi) is 3.62. The van der Waals surface area contributed by atoms with Crippen LogP contribution in [0, 0.1) is 0 Å². The van der Waals surface area contributed by atoms with Crippen LogP contribution in [-0.4, -0.2) is 22.4 Å². The second-order valence-electron chi connectivity index (χ2n) is 2.54. The van der Waals surface area contributed by atoms with E-state index in [1.54, 1.807) is 11.8 Å². The van der Waals surface area contributed by atoms with Crippen LogP contribution in [0.2, 0.25) is 0 Å². The highest BCUT2D eigenvalue weighted by Gasteiger charge is 2.21. The Morgan fingerprint density at radius 3 is 3.09 bits per heavy atom. The van der Waals surface area contributed by atoms with Crippen LogP contribution in [0.3, 0.4) is 0 Å². The van der Waals surface area contributed by atoms with Gasteiger partial charge >= 0.3 is 0 Å². The number of ether oxygens (including phenoxy) is 1. The molecule has 1 N–H and O–H groups in total. The minimum atomic E-state index is 0.142. The van der Waals surface area contributed by atoms with Crippen molar-refractivity contribution in [2.75, 3.05) is 6.61 Å². The van der Waals surface area contributed by atoms with Gasteiger partial charge in [0.15, 0.2) is 0 Å². The molecule has 1 aliphatic rings. The zero-order chi connectivity index (χ0) is 8.27. The molecular formula is C7H13NOS2. The summed E-state index contributed by atoms with van der Waals surface area (Å²) in [5, 5.41) is 3.70. The van der Waals surface area contributed by atoms with Gasteiger partial charge in [0.25, 0.3) is 0 Å². The van der Waals surface area contributed by atoms with Gasteiger partial charge in [0, 0.05) is 18.3 Å². The third-order valence-corrected chi connectivity index (χ3v) is 2.83. The monoisotopic (exact) mass is 191 g/mol. The van der Waals surface area contributed by atoms with Crippen LogP contribution < -0.4 is 5.32 Å². The van der Waals surface area contributed by atoms with E-state index >= 15 is 0 Å². The summed E-state index contributed by atoms with van der Waals surface area (Å²) in [4.78, 5) is 0. The van der Waals surface area contributed by atoms with Crippen LogP contribution in [0.25, 0.3) is 0 Å². The Morgan fingerprint density at radius 1 is 1.82 bits per heavy atom. The molecule has 11 heavy (non-hydrogen) atoms. The first kappa shape index (κ1) is 9.29. The molecule has 2 nitrogen and oxygen atoms in total. The highest BCUT2D eigenvalue weighted by Crippen LogP contribution is 2.22. The van der Waals surface area contributed by atoms with E-state index in [9.17, 15) is 0 Å². The van der Waals surface area contributed by atoms with Crippen LogP contribution in [0.15, 0.2) is 0 Å². The Labute approximate surface area is 77.1 Å². The molecule has 0 aromatic rings. The minimum absolute atomic E-state index is 0.142. The summed E-state index contributed by atoms with van der Waals surface area (Å²) in [5.41, 5.74) is 0. The highest BCUT2D eigenvalue weighted by molar-refractivity contribution is 8.23. The fourth-order valence-electron chi connectivity index (χ4n) is 1.07. The van der Waals surface area contributed by atoms with Crippen molar-refractivity contribution in [1.29, 1.82) is 0 Å².